The number of hydrogen-bond donors (Lipinski definition) is 3. The van der Waals surface area contributed by atoms with E-state index in [1.54, 1.807) is 19.1 Å². The van der Waals surface area contributed by atoms with E-state index < -0.39 is 5.41 Å². The summed E-state index contributed by atoms with van der Waals surface area (Å²) in [7, 11) is 1.52. The minimum absolute atomic E-state index is 0.000348. The second kappa shape index (κ2) is 5.73. The molecule has 0 heterocycles. The molecule has 5 heteroatoms. The third-order valence-electron chi connectivity index (χ3n) is 3.23. The van der Waals surface area contributed by atoms with Crippen LogP contribution < -0.4 is 15.8 Å². The Kier molecular flexibility index (Phi) is 4.55. The first-order chi connectivity index (χ1) is 8.46. The Hall–Kier alpha value is -1.75. The van der Waals surface area contributed by atoms with Gasteiger partial charge in [0, 0.05) is 12.6 Å². The SMILES string of the molecule is CCC(C)(CN)C(=O)Nc1cc(OC)ccc1O. The highest BCUT2D eigenvalue weighted by Crippen LogP contribution is 2.30. The zero-order valence-electron chi connectivity index (χ0n) is 11.0. The number of hydrogen-bond acceptors (Lipinski definition) is 4. The number of anilines is 1. The van der Waals surface area contributed by atoms with Crippen molar-refractivity contribution < 1.29 is 14.6 Å². The number of aromatic hydroxyl groups is 1. The lowest BCUT2D eigenvalue weighted by molar-refractivity contribution is -0.124. The average Bonchev–Trinajstić information content (AvgIpc) is 2.40. The first-order valence-electron chi connectivity index (χ1n) is 5.85. The van der Waals surface area contributed by atoms with Gasteiger partial charge >= 0.3 is 0 Å². The van der Waals surface area contributed by atoms with Crippen LogP contribution in [0.5, 0.6) is 11.5 Å². The Bertz CT molecular complexity index is 428. The van der Waals surface area contributed by atoms with Crippen molar-refractivity contribution in [3.8, 4) is 11.5 Å². The normalized spacial score (nSPS) is 13.8. The maximum atomic E-state index is 12.1. The highest BCUT2D eigenvalue weighted by molar-refractivity contribution is 5.96. The largest absolute Gasteiger partial charge is 0.506 e. The molecule has 0 aliphatic heterocycles. The van der Waals surface area contributed by atoms with Gasteiger partial charge in [0.2, 0.25) is 5.91 Å². The number of benzene rings is 1. The number of methoxy groups -OCH3 is 1. The fraction of sp³-hybridized carbons (Fsp3) is 0.462. The summed E-state index contributed by atoms with van der Waals surface area (Å²) in [6.07, 6.45) is 0.625. The number of ether oxygens (including phenoxy) is 1. The van der Waals surface area contributed by atoms with Crippen LogP contribution in [0.3, 0.4) is 0 Å². The van der Waals surface area contributed by atoms with Crippen molar-refractivity contribution in [2.24, 2.45) is 11.1 Å². The summed E-state index contributed by atoms with van der Waals surface area (Å²) in [4.78, 5) is 12.1. The van der Waals surface area contributed by atoms with E-state index in [4.69, 9.17) is 10.5 Å². The molecule has 100 valence electrons. The van der Waals surface area contributed by atoms with Gasteiger partial charge in [0.25, 0.3) is 0 Å². The van der Waals surface area contributed by atoms with E-state index >= 15 is 0 Å². The van der Waals surface area contributed by atoms with Crippen LogP contribution in [0.4, 0.5) is 5.69 Å². The number of nitrogens with one attached hydrogen (secondary N) is 1. The van der Waals surface area contributed by atoms with Gasteiger partial charge in [-0.1, -0.05) is 6.92 Å². The third-order valence-corrected chi connectivity index (χ3v) is 3.23. The first-order valence-corrected chi connectivity index (χ1v) is 5.85. The van der Waals surface area contributed by atoms with Gasteiger partial charge in [-0.25, -0.2) is 0 Å². The lowest BCUT2D eigenvalue weighted by atomic mass is 9.86. The smallest absolute Gasteiger partial charge is 0.231 e. The van der Waals surface area contributed by atoms with E-state index in [1.165, 1.54) is 13.2 Å². The fourth-order valence-electron chi connectivity index (χ4n) is 1.41. The minimum atomic E-state index is -0.643. The van der Waals surface area contributed by atoms with Crippen molar-refractivity contribution in [3.05, 3.63) is 18.2 Å². The Morgan fingerprint density at radius 1 is 1.56 bits per heavy atom. The van der Waals surface area contributed by atoms with Crippen LogP contribution in [-0.2, 0) is 4.79 Å². The van der Waals surface area contributed by atoms with Crippen LogP contribution in [0.2, 0.25) is 0 Å². The average molecular weight is 252 g/mol. The zero-order chi connectivity index (χ0) is 13.8. The van der Waals surface area contributed by atoms with Gasteiger partial charge in [0.05, 0.1) is 18.2 Å². The lowest BCUT2D eigenvalue weighted by Gasteiger charge is -2.25. The highest BCUT2D eigenvalue weighted by atomic mass is 16.5. The second-order valence-electron chi connectivity index (χ2n) is 4.46. The summed E-state index contributed by atoms with van der Waals surface area (Å²) in [5.74, 6) is 0.352. The Morgan fingerprint density at radius 2 is 2.22 bits per heavy atom. The number of nitrogens with two attached hydrogens (primary N) is 1. The first kappa shape index (κ1) is 14.3. The number of phenolic OH excluding ortho intramolecular Hbond substituents is 1. The zero-order valence-corrected chi connectivity index (χ0v) is 11.0. The summed E-state index contributed by atoms with van der Waals surface area (Å²) in [6, 6.07) is 4.66. The summed E-state index contributed by atoms with van der Waals surface area (Å²) in [5, 5.41) is 12.4. The Balaban J connectivity index is 2.94. The fourth-order valence-corrected chi connectivity index (χ4v) is 1.41. The predicted molar refractivity (Wildman–Crippen MR) is 70.7 cm³/mol. The monoisotopic (exact) mass is 252 g/mol. The summed E-state index contributed by atoms with van der Waals surface area (Å²) in [6.45, 7) is 3.94. The summed E-state index contributed by atoms with van der Waals surface area (Å²) in [5.41, 5.74) is 5.30. The topological polar surface area (TPSA) is 84.6 Å². The van der Waals surface area contributed by atoms with Crippen LogP contribution in [0.1, 0.15) is 20.3 Å². The number of carbonyl (C=O) groups excluding carboxylic acids is 1. The van der Waals surface area contributed by atoms with Gasteiger partial charge in [-0.2, -0.15) is 0 Å². The molecule has 1 amide bonds. The van der Waals surface area contributed by atoms with E-state index in [2.05, 4.69) is 5.32 Å². The van der Waals surface area contributed by atoms with Crippen LogP contribution in [-0.4, -0.2) is 24.7 Å². The van der Waals surface area contributed by atoms with E-state index in [-0.39, 0.29) is 18.2 Å². The van der Waals surface area contributed by atoms with Gasteiger partial charge in [-0.15, -0.1) is 0 Å². The molecule has 4 N–H and O–H groups in total. The molecule has 18 heavy (non-hydrogen) atoms. The van der Waals surface area contributed by atoms with Crippen molar-refractivity contribution in [2.45, 2.75) is 20.3 Å². The lowest BCUT2D eigenvalue weighted by Crippen LogP contribution is -2.39. The van der Waals surface area contributed by atoms with Gasteiger partial charge in [-0.3, -0.25) is 4.79 Å². The van der Waals surface area contributed by atoms with Crippen molar-refractivity contribution in [1.82, 2.24) is 0 Å². The molecule has 1 aromatic rings. The molecule has 1 rings (SSSR count). The number of amides is 1. The van der Waals surface area contributed by atoms with Crippen molar-refractivity contribution in [3.63, 3.8) is 0 Å². The van der Waals surface area contributed by atoms with Crippen molar-refractivity contribution >= 4 is 11.6 Å². The molecular formula is C13H20N2O3. The molecule has 0 aliphatic rings. The number of phenols is 1. The maximum Gasteiger partial charge on any atom is 0.231 e. The van der Waals surface area contributed by atoms with E-state index in [0.29, 0.717) is 17.9 Å². The molecule has 0 fully saturated rings. The molecule has 1 atom stereocenters. The summed E-state index contributed by atoms with van der Waals surface area (Å²) >= 11 is 0. The Morgan fingerprint density at radius 3 is 2.72 bits per heavy atom. The molecule has 0 spiro atoms. The quantitative estimate of drug-likeness (QED) is 0.696. The van der Waals surface area contributed by atoms with Crippen LogP contribution in [0.25, 0.3) is 0 Å². The number of rotatable bonds is 5. The molecule has 0 aromatic heterocycles. The van der Waals surface area contributed by atoms with E-state index in [9.17, 15) is 9.90 Å². The van der Waals surface area contributed by atoms with E-state index in [1.807, 2.05) is 6.92 Å². The maximum absolute atomic E-state index is 12.1. The highest BCUT2D eigenvalue weighted by Gasteiger charge is 2.30. The minimum Gasteiger partial charge on any atom is -0.506 e. The van der Waals surface area contributed by atoms with Crippen LogP contribution in [0, 0.1) is 5.41 Å². The molecule has 0 radical (unpaired) electrons. The van der Waals surface area contributed by atoms with Gasteiger partial charge in [0.15, 0.2) is 0 Å². The van der Waals surface area contributed by atoms with Gasteiger partial charge in [-0.05, 0) is 25.5 Å². The summed E-state index contributed by atoms with van der Waals surface area (Å²) < 4.78 is 5.04. The van der Waals surface area contributed by atoms with Crippen molar-refractivity contribution in [2.75, 3.05) is 19.0 Å². The molecule has 1 unspecified atom stereocenters. The molecule has 0 bridgehead atoms. The molecular weight excluding hydrogens is 232 g/mol. The predicted octanol–water partition coefficient (Wildman–Crippen LogP) is 1.71. The van der Waals surface area contributed by atoms with Gasteiger partial charge < -0.3 is 20.9 Å². The molecule has 0 saturated carbocycles. The molecule has 0 saturated heterocycles. The van der Waals surface area contributed by atoms with Gasteiger partial charge in [0.1, 0.15) is 11.5 Å². The molecule has 1 aromatic carbocycles. The van der Waals surface area contributed by atoms with Crippen molar-refractivity contribution in [1.29, 1.82) is 0 Å². The Labute approximate surface area is 107 Å². The van der Waals surface area contributed by atoms with Crippen LogP contribution in [0.15, 0.2) is 18.2 Å². The standard InChI is InChI=1S/C13H20N2O3/c1-4-13(2,8-14)12(17)15-10-7-9(18-3)5-6-11(10)16/h5-7,16H,4,8,14H2,1-3H3,(H,15,17). The molecule has 5 nitrogen and oxygen atoms in total. The van der Waals surface area contributed by atoms with E-state index in [0.717, 1.165) is 0 Å². The van der Waals surface area contributed by atoms with Crippen LogP contribution >= 0.6 is 0 Å². The number of carbonyl (C=O) groups is 1. The second-order valence-corrected chi connectivity index (χ2v) is 4.46. The third kappa shape index (κ3) is 2.92. The molecule has 0 aliphatic carbocycles.